The maximum absolute atomic E-state index is 6.81. The van der Waals surface area contributed by atoms with E-state index in [-0.39, 0.29) is 17.3 Å². The molecule has 4 aliphatic rings. The van der Waals surface area contributed by atoms with E-state index in [1.54, 1.807) is 0 Å². The van der Waals surface area contributed by atoms with Crippen molar-refractivity contribution in [1.29, 1.82) is 0 Å². The van der Waals surface area contributed by atoms with E-state index in [2.05, 4.69) is 199 Å². The van der Waals surface area contributed by atoms with Crippen molar-refractivity contribution >= 4 is 44.6 Å². The van der Waals surface area contributed by atoms with Crippen molar-refractivity contribution in [3.8, 4) is 17.3 Å². The molecular weight excluding hydrogens is 721 g/mol. The molecule has 5 nitrogen and oxygen atoms in total. The molecule has 0 saturated heterocycles. The molecule has 0 amide bonds. The molecule has 2 bridgehead atoms. The quantitative estimate of drug-likeness (QED) is 0.175. The zero-order valence-corrected chi connectivity index (χ0v) is 33.3. The third-order valence-corrected chi connectivity index (χ3v) is 12.8. The zero-order chi connectivity index (χ0) is 39.4. The van der Waals surface area contributed by atoms with Gasteiger partial charge in [-0.05, 0) is 117 Å². The van der Waals surface area contributed by atoms with Gasteiger partial charge in [0.2, 0.25) is 0 Å². The van der Waals surface area contributed by atoms with Crippen LogP contribution in [-0.2, 0) is 5.41 Å². The van der Waals surface area contributed by atoms with Gasteiger partial charge in [-0.3, -0.25) is 4.57 Å². The van der Waals surface area contributed by atoms with E-state index < -0.39 is 0 Å². The van der Waals surface area contributed by atoms with Crippen LogP contribution in [0.2, 0.25) is 0 Å². The number of hydrogen-bond donors (Lipinski definition) is 0. The van der Waals surface area contributed by atoms with Crippen LogP contribution in [0.1, 0.15) is 71.6 Å². The van der Waals surface area contributed by atoms with Crippen LogP contribution in [0.15, 0.2) is 176 Å². The average molecular weight is 763 g/mol. The Morgan fingerprint density at radius 2 is 1.07 bits per heavy atom. The normalized spacial score (nSPS) is 16.3. The van der Waals surface area contributed by atoms with E-state index in [1.807, 2.05) is 12.3 Å². The van der Waals surface area contributed by atoms with Crippen LogP contribution >= 0.6 is 0 Å². The minimum absolute atomic E-state index is 0.0323. The van der Waals surface area contributed by atoms with Gasteiger partial charge >= 0.3 is 0 Å². The topological polar surface area (TPSA) is 33.5 Å². The van der Waals surface area contributed by atoms with E-state index >= 15 is 0 Å². The molecular formula is C54H42N4O. The molecule has 0 unspecified atom stereocenters. The Labute approximate surface area is 344 Å². The first-order chi connectivity index (χ1) is 28.9. The molecule has 59 heavy (non-hydrogen) atoms. The van der Waals surface area contributed by atoms with Gasteiger partial charge in [-0.15, -0.1) is 0 Å². The second kappa shape index (κ2) is 12.7. The lowest BCUT2D eigenvalue weighted by Gasteiger charge is -2.42. The molecule has 9 aromatic rings. The second-order valence-electron chi connectivity index (χ2n) is 17.2. The fourth-order valence-electron chi connectivity index (χ4n) is 10.1. The number of fused-ring (bicyclic) bond motifs is 4. The Bertz CT molecular complexity index is 3090. The van der Waals surface area contributed by atoms with E-state index in [0.717, 1.165) is 34.0 Å². The van der Waals surface area contributed by atoms with Gasteiger partial charge in [0.25, 0.3) is 0 Å². The van der Waals surface area contributed by atoms with Gasteiger partial charge in [0, 0.05) is 52.3 Å². The molecule has 3 heterocycles. The molecule has 3 aliphatic carbocycles. The molecule has 5 heteroatoms. The number of para-hydroxylation sites is 3. The summed E-state index contributed by atoms with van der Waals surface area (Å²) in [5.41, 5.74) is 16.5. The van der Waals surface area contributed by atoms with Crippen molar-refractivity contribution in [3.05, 3.63) is 215 Å². The molecule has 0 radical (unpaired) electrons. The number of aromatic nitrogens is 2. The molecule has 284 valence electrons. The van der Waals surface area contributed by atoms with E-state index in [0.29, 0.717) is 6.67 Å². The van der Waals surface area contributed by atoms with Crippen LogP contribution in [-0.4, -0.2) is 16.2 Å². The largest absolute Gasteiger partial charge is 0.457 e. The summed E-state index contributed by atoms with van der Waals surface area (Å²) in [4.78, 5) is 9.77. The molecule has 13 rings (SSSR count). The number of ether oxygens (including phenoxy) is 1. The molecule has 0 saturated carbocycles. The summed E-state index contributed by atoms with van der Waals surface area (Å²) in [5.74, 6) is 2.86. The van der Waals surface area contributed by atoms with Gasteiger partial charge in [0.15, 0.2) is 0 Å². The number of pyridine rings is 1. The Balaban J connectivity index is 0.991. The van der Waals surface area contributed by atoms with Crippen LogP contribution < -0.4 is 14.5 Å². The van der Waals surface area contributed by atoms with Crippen molar-refractivity contribution in [2.24, 2.45) is 0 Å². The van der Waals surface area contributed by atoms with Crippen molar-refractivity contribution in [2.45, 2.75) is 38.0 Å². The standard InChI is InChI=1S/C54H42N4O/c1-54(2,3)34-26-27-55-51(28-34)58-49-30-38(59-37-17-13-16-36(29-37)57-33-56(35-14-5-4-6-15-35)47-22-11-12-23-48(47)57)24-25-39(49)44-31-45-46(32-50(44)58)53-42-20-9-7-18-40(42)52(45)41-19-8-10-21-43(41)53/h4-32,52-53H,33H2,1-3H3. The summed E-state index contributed by atoms with van der Waals surface area (Å²) in [7, 11) is 0. The summed E-state index contributed by atoms with van der Waals surface area (Å²) in [6, 6.07) is 61.7. The number of anilines is 4. The SMILES string of the molecule is CC(C)(C)c1ccnc(-n2c3cc(Oc4cccc(N5CN(c6ccccc6)c6ccccc65)c4)ccc3c3cc4c(cc32)C2c3ccccc3C4c3ccccc32)c1. The fourth-order valence-corrected chi connectivity index (χ4v) is 10.1. The molecule has 0 spiro atoms. The van der Waals surface area contributed by atoms with E-state index in [4.69, 9.17) is 9.72 Å². The van der Waals surface area contributed by atoms with Gasteiger partial charge in [0.05, 0.1) is 22.4 Å². The summed E-state index contributed by atoms with van der Waals surface area (Å²) in [6.45, 7) is 7.50. The molecule has 0 atom stereocenters. The highest BCUT2D eigenvalue weighted by Gasteiger charge is 2.41. The predicted octanol–water partition coefficient (Wildman–Crippen LogP) is 13.5. The summed E-state index contributed by atoms with van der Waals surface area (Å²) in [6.07, 6.45) is 1.96. The van der Waals surface area contributed by atoms with E-state index in [9.17, 15) is 0 Å². The summed E-state index contributed by atoms with van der Waals surface area (Å²) < 4.78 is 9.17. The van der Waals surface area contributed by atoms with Gasteiger partial charge in [-0.1, -0.05) is 106 Å². The fraction of sp³-hybridized carbons (Fsp3) is 0.130. The lowest BCUT2D eigenvalue weighted by Crippen LogP contribution is -2.27. The van der Waals surface area contributed by atoms with Gasteiger partial charge in [-0.2, -0.15) is 0 Å². The highest BCUT2D eigenvalue weighted by Crippen LogP contribution is 2.57. The van der Waals surface area contributed by atoms with Crippen LogP contribution in [0.25, 0.3) is 27.6 Å². The first-order valence-electron chi connectivity index (χ1n) is 20.6. The zero-order valence-electron chi connectivity index (χ0n) is 33.3. The first-order valence-corrected chi connectivity index (χ1v) is 20.6. The van der Waals surface area contributed by atoms with Crippen molar-refractivity contribution < 1.29 is 4.74 Å². The Hall–Kier alpha value is -7.11. The molecule has 7 aromatic carbocycles. The summed E-state index contributed by atoms with van der Waals surface area (Å²) >= 11 is 0. The van der Waals surface area contributed by atoms with Crippen molar-refractivity contribution in [3.63, 3.8) is 0 Å². The number of benzene rings is 7. The molecule has 0 fully saturated rings. The van der Waals surface area contributed by atoms with Gasteiger partial charge < -0.3 is 14.5 Å². The third kappa shape index (κ3) is 5.20. The highest BCUT2D eigenvalue weighted by atomic mass is 16.5. The first kappa shape index (κ1) is 34.0. The highest BCUT2D eigenvalue weighted by molar-refractivity contribution is 6.10. The number of rotatable bonds is 5. The number of nitrogens with zero attached hydrogens (tertiary/aromatic N) is 4. The van der Waals surface area contributed by atoms with Crippen molar-refractivity contribution in [1.82, 2.24) is 9.55 Å². The maximum atomic E-state index is 6.81. The van der Waals surface area contributed by atoms with E-state index in [1.165, 1.54) is 66.8 Å². The van der Waals surface area contributed by atoms with Gasteiger partial charge in [0.1, 0.15) is 24.0 Å². The molecule has 1 aliphatic heterocycles. The summed E-state index contributed by atoms with van der Waals surface area (Å²) in [5, 5.41) is 2.41. The second-order valence-corrected chi connectivity index (χ2v) is 17.2. The monoisotopic (exact) mass is 762 g/mol. The van der Waals surface area contributed by atoms with Crippen LogP contribution in [0, 0.1) is 0 Å². The molecule has 2 aromatic heterocycles. The minimum Gasteiger partial charge on any atom is -0.457 e. The van der Waals surface area contributed by atoms with Crippen LogP contribution in [0.5, 0.6) is 11.5 Å². The molecule has 0 N–H and O–H groups in total. The Kier molecular flexibility index (Phi) is 7.31. The Morgan fingerprint density at radius 1 is 0.492 bits per heavy atom. The minimum atomic E-state index is -0.0323. The third-order valence-electron chi connectivity index (χ3n) is 12.8. The predicted molar refractivity (Wildman–Crippen MR) is 241 cm³/mol. The van der Waals surface area contributed by atoms with Crippen molar-refractivity contribution in [2.75, 3.05) is 16.5 Å². The van der Waals surface area contributed by atoms with Gasteiger partial charge in [-0.25, -0.2) is 4.98 Å². The lowest BCUT2D eigenvalue weighted by atomic mass is 9.61. The average Bonchev–Trinajstić information content (AvgIpc) is 3.81. The van der Waals surface area contributed by atoms with Crippen LogP contribution in [0.3, 0.4) is 0 Å². The van der Waals surface area contributed by atoms with Crippen LogP contribution in [0.4, 0.5) is 22.7 Å². The number of hydrogen-bond acceptors (Lipinski definition) is 4. The Morgan fingerprint density at radius 3 is 1.75 bits per heavy atom. The maximum Gasteiger partial charge on any atom is 0.137 e. The smallest absolute Gasteiger partial charge is 0.137 e. The lowest BCUT2D eigenvalue weighted by molar-refractivity contribution is 0.483.